The van der Waals surface area contributed by atoms with Gasteiger partial charge in [0.25, 0.3) is 0 Å². The van der Waals surface area contributed by atoms with Gasteiger partial charge < -0.3 is 18.3 Å². The van der Waals surface area contributed by atoms with Crippen LogP contribution >= 0.6 is 0 Å². The molecule has 0 fully saturated rings. The van der Waals surface area contributed by atoms with E-state index in [1.165, 1.54) is 231 Å². The number of rotatable bonds is 11. The fourth-order valence-corrected chi connectivity index (χ4v) is 20.1. The maximum atomic E-state index is 2.56. The molecule has 0 aliphatic rings. The highest BCUT2D eigenvalue weighted by Crippen LogP contribution is 2.41. The minimum atomic E-state index is -0.134. The molecule has 0 spiro atoms. The molecule has 0 saturated heterocycles. The molecule has 514 valence electrons. The molecule has 4 nitrogen and oxygen atoms in total. The van der Waals surface area contributed by atoms with Crippen molar-refractivity contribution in [1.82, 2.24) is 18.3 Å². The molecule has 0 atom stereocenters. The monoisotopic (exact) mass is 1380 g/mol. The average Bonchev–Trinajstić information content (AvgIpc) is 0.772. The third kappa shape index (κ3) is 9.78. The van der Waals surface area contributed by atoms with E-state index in [9.17, 15) is 0 Å². The number of aryl methyl sites for hydroxylation is 10. The van der Waals surface area contributed by atoms with E-state index in [4.69, 9.17) is 0 Å². The fraction of sp³-hybridized carbons (Fsp3) is 0.0980. The van der Waals surface area contributed by atoms with Gasteiger partial charge in [0.1, 0.15) is 0 Å². The van der Waals surface area contributed by atoms with E-state index in [2.05, 4.69) is 391 Å². The molecule has 0 radical (unpaired) electrons. The van der Waals surface area contributed by atoms with Gasteiger partial charge in [-0.05, 0) is 199 Å². The molecular weight excluding hydrogens is 1300 g/mol. The standard InChI is InChI=1S/C102H80B2N4/c1-61-51-71(105-89-43-23-15-33-77(89)78-34-16-24-44-90(78)105)52-62(2)97(61)103(98-63(3)53-72(54-64(98)4)106-91-45-25-17-35-79(91)80-36-18-26-46-92(80)106)101-69(9)59-87(75-31-11-13-41-85(75)101)88-60-70(10)102(86-42-14-12-32-76(86)88)104(99-65(5)55-73(56-66(99)6)107-93-47-27-19-37-81(93)82-38-20-28-48-94(82)107)100-67(7)57-74(58-68(100)8)108-95-49-29-21-39-83(95)84-40-22-30-50-96(84)108/h11-60H,1-10H3. The maximum Gasteiger partial charge on any atom is 0.243 e. The lowest BCUT2D eigenvalue weighted by molar-refractivity contribution is 1.16. The van der Waals surface area contributed by atoms with Crippen molar-refractivity contribution in [1.29, 1.82) is 0 Å². The highest BCUT2D eigenvalue weighted by molar-refractivity contribution is 6.99. The Morgan fingerprint density at radius 3 is 0.491 bits per heavy atom. The Labute approximate surface area is 631 Å². The first kappa shape index (κ1) is 64.9. The van der Waals surface area contributed by atoms with Crippen molar-refractivity contribution < 1.29 is 0 Å². The van der Waals surface area contributed by atoms with Crippen molar-refractivity contribution in [2.24, 2.45) is 0 Å². The SMILES string of the molecule is Cc1cc(-n2c3ccccc3c3ccccc32)cc(C)c1B(c1c(C)cc(-n2c3ccccc3c3ccccc32)cc1C)c1c(C)cc(-c2cc(C)c(B(c3c(C)cc(-n4c5ccccc5c5ccccc54)cc3C)c3c(C)cc(-n4c5ccccc5c5ccccc54)cc3C)c3ccccc23)c2ccccc12. The van der Waals surface area contributed by atoms with Gasteiger partial charge in [0.15, 0.2) is 0 Å². The molecule has 0 N–H and O–H groups in total. The van der Waals surface area contributed by atoms with Crippen LogP contribution in [-0.2, 0) is 0 Å². The van der Waals surface area contributed by atoms with Crippen molar-refractivity contribution in [3.63, 3.8) is 0 Å². The number of nitrogens with zero attached hydrogens (tertiary/aromatic N) is 4. The first-order chi connectivity index (χ1) is 52.8. The molecule has 4 aromatic heterocycles. The van der Waals surface area contributed by atoms with Crippen LogP contribution in [0.1, 0.15) is 55.6 Å². The predicted molar refractivity (Wildman–Crippen MR) is 467 cm³/mol. The summed E-state index contributed by atoms with van der Waals surface area (Å²) in [5, 5.41) is 15.1. The van der Waals surface area contributed by atoms with E-state index in [1.807, 2.05) is 0 Å². The van der Waals surface area contributed by atoms with Crippen LogP contribution in [0, 0.1) is 69.2 Å². The Hall–Kier alpha value is -12.6. The van der Waals surface area contributed by atoms with E-state index < -0.39 is 0 Å². The Balaban J connectivity index is 0.799. The van der Waals surface area contributed by atoms with Gasteiger partial charge in [0.2, 0.25) is 13.4 Å². The van der Waals surface area contributed by atoms with E-state index >= 15 is 0 Å². The minimum Gasteiger partial charge on any atom is -0.309 e. The number of benzene rings is 16. The lowest BCUT2D eigenvalue weighted by atomic mass is 9.33. The molecule has 108 heavy (non-hydrogen) atoms. The molecule has 20 aromatic rings. The van der Waals surface area contributed by atoms with Crippen molar-refractivity contribution >= 4 is 155 Å². The summed E-state index contributed by atoms with van der Waals surface area (Å²) in [6.45, 7) is 23.5. The lowest BCUT2D eigenvalue weighted by Crippen LogP contribution is -2.57. The molecule has 0 saturated carbocycles. The zero-order valence-corrected chi connectivity index (χ0v) is 62.8. The van der Waals surface area contributed by atoms with Crippen LogP contribution < -0.4 is 32.8 Å². The van der Waals surface area contributed by atoms with Crippen molar-refractivity contribution in [3.05, 3.63) is 359 Å². The summed E-state index contributed by atoms with van der Waals surface area (Å²) in [5.41, 5.74) is 37.6. The van der Waals surface area contributed by atoms with Crippen molar-refractivity contribution in [2.75, 3.05) is 0 Å². The van der Waals surface area contributed by atoms with Gasteiger partial charge in [0.05, 0.1) is 44.1 Å². The maximum absolute atomic E-state index is 2.56. The first-order valence-electron chi connectivity index (χ1n) is 38.2. The molecule has 0 aliphatic carbocycles. The normalized spacial score (nSPS) is 12.0. The van der Waals surface area contributed by atoms with Gasteiger partial charge in [-0.1, -0.05) is 295 Å². The summed E-state index contributed by atoms with van der Waals surface area (Å²) in [7, 11) is 0. The largest absolute Gasteiger partial charge is 0.309 e. The summed E-state index contributed by atoms with van der Waals surface area (Å²) in [4.78, 5) is 0. The number of para-hydroxylation sites is 8. The van der Waals surface area contributed by atoms with Crippen molar-refractivity contribution in [3.8, 4) is 33.9 Å². The third-order valence-corrected chi connectivity index (χ3v) is 24.3. The second kappa shape index (κ2) is 25.0. The molecule has 16 aromatic carbocycles. The Morgan fingerprint density at radius 1 is 0.157 bits per heavy atom. The van der Waals surface area contributed by atoms with Crippen LogP contribution in [-0.4, -0.2) is 31.7 Å². The zero-order chi connectivity index (χ0) is 73.1. The number of fused-ring (bicyclic) bond motifs is 14. The predicted octanol–water partition coefficient (Wildman–Crippen LogP) is 22.2. The molecule has 0 unspecified atom stereocenters. The first-order valence-corrected chi connectivity index (χ1v) is 38.2. The Kier molecular flexibility index (Phi) is 15.0. The van der Waals surface area contributed by atoms with E-state index in [0.29, 0.717) is 0 Å². The summed E-state index contributed by atoms with van der Waals surface area (Å²) in [5.74, 6) is 0. The van der Waals surface area contributed by atoms with E-state index in [1.54, 1.807) is 0 Å². The van der Waals surface area contributed by atoms with Gasteiger partial charge >= 0.3 is 0 Å². The average molecular weight is 1380 g/mol. The van der Waals surface area contributed by atoms with Crippen LogP contribution in [0.5, 0.6) is 0 Å². The van der Waals surface area contributed by atoms with E-state index in [0.717, 1.165) is 0 Å². The molecule has 6 heteroatoms. The zero-order valence-electron chi connectivity index (χ0n) is 62.8. The molecule has 4 heterocycles. The Bertz CT molecular complexity index is 6140. The summed E-state index contributed by atoms with van der Waals surface area (Å²) >= 11 is 0. The highest BCUT2D eigenvalue weighted by Gasteiger charge is 2.36. The van der Waals surface area contributed by atoms with Crippen LogP contribution in [0.25, 0.3) is 143 Å². The smallest absolute Gasteiger partial charge is 0.243 e. The van der Waals surface area contributed by atoms with Gasteiger partial charge in [-0.2, -0.15) is 0 Å². The quantitative estimate of drug-likeness (QED) is 0.115. The van der Waals surface area contributed by atoms with E-state index in [-0.39, 0.29) is 13.4 Å². The Morgan fingerprint density at radius 2 is 0.306 bits per heavy atom. The molecule has 0 amide bonds. The van der Waals surface area contributed by atoms with Gasteiger partial charge in [-0.3, -0.25) is 0 Å². The molecule has 0 aliphatic heterocycles. The molecular formula is C102H80B2N4. The van der Waals surface area contributed by atoms with Crippen LogP contribution in [0.3, 0.4) is 0 Å². The number of aromatic nitrogens is 4. The third-order valence-electron chi connectivity index (χ3n) is 24.3. The van der Waals surface area contributed by atoms with Gasteiger partial charge in [0, 0.05) is 65.8 Å². The summed E-state index contributed by atoms with van der Waals surface area (Å²) < 4.78 is 9.92. The topological polar surface area (TPSA) is 19.7 Å². The van der Waals surface area contributed by atoms with Crippen LogP contribution in [0.15, 0.2) is 303 Å². The van der Waals surface area contributed by atoms with Gasteiger partial charge in [-0.25, -0.2) is 0 Å². The fourth-order valence-electron chi connectivity index (χ4n) is 20.1. The number of hydrogen-bond acceptors (Lipinski definition) is 0. The summed E-state index contributed by atoms with van der Waals surface area (Å²) in [6, 6.07) is 115. The summed E-state index contributed by atoms with van der Waals surface area (Å²) in [6.07, 6.45) is 0. The van der Waals surface area contributed by atoms with Gasteiger partial charge in [-0.15, -0.1) is 0 Å². The second-order valence-corrected chi connectivity index (χ2v) is 30.7. The minimum absolute atomic E-state index is 0.134. The molecule has 0 bridgehead atoms. The van der Waals surface area contributed by atoms with Crippen LogP contribution in [0.4, 0.5) is 0 Å². The number of hydrogen-bond donors (Lipinski definition) is 0. The lowest BCUT2D eigenvalue weighted by Gasteiger charge is -2.29. The van der Waals surface area contributed by atoms with Crippen molar-refractivity contribution in [2.45, 2.75) is 69.2 Å². The molecule has 20 rings (SSSR count). The second-order valence-electron chi connectivity index (χ2n) is 30.7. The highest BCUT2D eigenvalue weighted by atomic mass is 15.0. The van der Waals surface area contributed by atoms with Crippen LogP contribution in [0.2, 0.25) is 0 Å².